The Hall–Kier alpha value is -2.86. The largest absolute Gasteiger partial charge is 0.0620 e. The van der Waals surface area contributed by atoms with Crippen LogP contribution in [0.15, 0.2) is 84.9 Å². The van der Waals surface area contributed by atoms with Crippen molar-refractivity contribution in [3.63, 3.8) is 0 Å². The van der Waals surface area contributed by atoms with Crippen LogP contribution in [-0.4, -0.2) is 0 Å². The van der Waals surface area contributed by atoms with Gasteiger partial charge in [0.25, 0.3) is 0 Å². The van der Waals surface area contributed by atoms with E-state index in [9.17, 15) is 0 Å². The molecule has 0 radical (unpaired) electrons. The molecular formula is C34H42. The summed E-state index contributed by atoms with van der Waals surface area (Å²) in [5.41, 5.74) is 8.55. The fourth-order valence-corrected chi connectivity index (χ4v) is 4.71. The molecule has 0 aromatic heterocycles. The average Bonchev–Trinajstić information content (AvgIpc) is 2.83. The van der Waals surface area contributed by atoms with Gasteiger partial charge in [0.1, 0.15) is 0 Å². The van der Waals surface area contributed by atoms with E-state index in [4.69, 9.17) is 0 Å². The molecule has 4 aromatic carbocycles. The highest BCUT2D eigenvalue weighted by atomic mass is 14.2. The lowest BCUT2D eigenvalue weighted by Crippen LogP contribution is -1.99. The molecule has 4 aromatic rings. The molecule has 0 spiro atoms. The van der Waals surface area contributed by atoms with Crippen molar-refractivity contribution in [2.75, 3.05) is 0 Å². The first-order valence-electron chi connectivity index (χ1n) is 12.9. The summed E-state index contributed by atoms with van der Waals surface area (Å²) in [4.78, 5) is 0. The molecule has 178 valence electrons. The summed E-state index contributed by atoms with van der Waals surface area (Å²) in [6.45, 7) is 18.1. The zero-order valence-electron chi connectivity index (χ0n) is 22.4. The Morgan fingerprint density at radius 2 is 0.765 bits per heavy atom. The van der Waals surface area contributed by atoms with Gasteiger partial charge in [-0.1, -0.05) is 134 Å². The molecule has 0 amide bonds. The summed E-state index contributed by atoms with van der Waals surface area (Å²) in [5.74, 6) is 2.41. The van der Waals surface area contributed by atoms with Crippen molar-refractivity contribution in [1.82, 2.24) is 0 Å². The van der Waals surface area contributed by atoms with E-state index in [1.54, 1.807) is 0 Å². The molecule has 0 unspecified atom stereocenters. The van der Waals surface area contributed by atoms with Crippen LogP contribution in [0.25, 0.3) is 21.9 Å². The Morgan fingerprint density at radius 3 is 1.29 bits per heavy atom. The highest BCUT2D eigenvalue weighted by Gasteiger charge is 2.12. The van der Waals surface area contributed by atoms with E-state index >= 15 is 0 Å². The van der Waals surface area contributed by atoms with Gasteiger partial charge in [-0.05, 0) is 73.9 Å². The Kier molecular flexibility index (Phi) is 8.72. The summed E-state index contributed by atoms with van der Waals surface area (Å²) >= 11 is 0. The van der Waals surface area contributed by atoms with Gasteiger partial charge in [0.2, 0.25) is 0 Å². The van der Waals surface area contributed by atoms with Gasteiger partial charge in [-0.15, -0.1) is 0 Å². The zero-order valence-corrected chi connectivity index (χ0v) is 22.4. The molecular weight excluding hydrogens is 408 g/mol. The second-order valence-electron chi connectivity index (χ2n) is 10.7. The van der Waals surface area contributed by atoms with Crippen LogP contribution in [0.4, 0.5) is 0 Å². The quantitative estimate of drug-likeness (QED) is 0.283. The minimum absolute atomic E-state index is 0.554. The van der Waals surface area contributed by atoms with E-state index in [-0.39, 0.29) is 0 Å². The predicted octanol–water partition coefficient (Wildman–Crippen LogP) is 10.7. The number of fused-ring (bicyclic) bond motifs is 1. The van der Waals surface area contributed by atoms with Crippen molar-refractivity contribution in [1.29, 1.82) is 0 Å². The molecule has 0 aliphatic carbocycles. The number of hydrogen-bond donors (Lipinski definition) is 0. The van der Waals surface area contributed by atoms with Crippen LogP contribution in [0.5, 0.6) is 0 Å². The van der Waals surface area contributed by atoms with Crippen molar-refractivity contribution in [2.24, 2.45) is 0 Å². The zero-order chi connectivity index (χ0) is 24.8. The second kappa shape index (κ2) is 11.5. The second-order valence-corrected chi connectivity index (χ2v) is 10.7. The number of benzene rings is 4. The normalized spacial score (nSPS) is 11.4. The van der Waals surface area contributed by atoms with Crippen LogP contribution < -0.4 is 0 Å². The Bertz CT molecular complexity index is 1180. The molecule has 0 saturated carbocycles. The standard InChI is InChI=1S/C22H24.C12H18/c1-15(2)21-12-11-20(14-22(21)16(3)4)19-10-9-17-7-5-6-8-18(17)13-19;1-9(2)11-7-5-6-8-12(11)10(3)4/h5-16H,1-4H3;5-10H,1-4H3. The molecule has 0 fully saturated rings. The van der Waals surface area contributed by atoms with Crippen molar-refractivity contribution < 1.29 is 0 Å². The topological polar surface area (TPSA) is 0 Å². The summed E-state index contributed by atoms with van der Waals surface area (Å²) < 4.78 is 0. The number of rotatable bonds is 5. The highest BCUT2D eigenvalue weighted by molar-refractivity contribution is 5.87. The summed E-state index contributed by atoms with van der Waals surface area (Å²) in [6.07, 6.45) is 0. The molecule has 34 heavy (non-hydrogen) atoms. The molecule has 0 heterocycles. The van der Waals surface area contributed by atoms with Crippen LogP contribution in [0, 0.1) is 0 Å². The van der Waals surface area contributed by atoms with Crippen LogP contribution in [0.3, 0.4) is 0 Å². The smallest absolute Gasteiger partial charge is 0.0178 e. The van der Waals surface area contributed by atoms with E-state index < -0.39 is 0 Å². The van der Waals surface area contributed by atoms with Gasteiger partial charge in [-0.2, -0.15) is 0 Å². The molecule has 0 aliphatic heterocycles. The lowest BCUT2D eigenvalue weighted by atomic mass is 9.87. The van der Waals surface area contributed by atoms with Crippen molar-refractivity contribution in [2.45, 2.75) is 79.1 Å². The van der Waals surface area contributed by atoms with Gasteiger partial charge >= 0.3 is 0 Å². The van der Waals surface area contributed by atoms with E-state index in [1.807, 2.05) is 0 Å². The van der Waals surface area contributed by atoms with Gasteiger partial charge in [-0.3, -0.25) is 0 Å². The lowest BCUT2D eigenvalue weighted by Gasteiger charge is -2.17. The van der Waals surface area contributed by atoms with E-state index in [1.165, 1.54) is 44.2 Å². The first-order valence-corrected chi connectivity index (χ1v) is 12.9. The lowest BCUT2D eigenvalue weighted by molar-refractivity contribution is 0.790. The maximum Gasteiger partial charge on any atom is -0.0178 e. The molecule has 0 aliphatic rings. The minimum atomic E-state index is 0.554. The van der Waals surface area contributed by atoms with Crippen molar-refractivity contribution in [3.05, 3.63) is 107 Å². The Balaban J connectivity index is 0.000000229. The monoisotopic (exact) mass is 450 g/mol. The van der Waals surface area contributed by atoms with Crippen molar-refractivity contribution >= 4 is 10.8 Å². The van der Waals surface area contributed by atoms with Gasteiger partial charge < -0.3 is 0 Å². The van der Waals surface area contributed by atoms with Gasteiger partial charge in [-0.25, -0.2) is 0 Å². The molecule has 0 saturated heterocycles. The maximum atomic E-state index is 2.38. The molecule has 0 atom stereocenters. The summed E-state index contributed by atoms with van der Waals surface area (Å²) in [5, 5.41) is 2.60. The first-order chi connectivity index (χ1) is 16.2. The average molecular weight is 451 g/mol. The summed E-state index contributed by atoms with van der Waals surface area (Å²) in [7, 11) is 0. The van der Waals surface area contributed by atoms with Crippen LogP contribution in [0.2, 0.25) is 0 Å². The molecule has 4 rings (SSSR count). The van der Waals surface area contributed by atoms with Crippen LogP contribution >= 0.6 is 0 Å². The van der Waals surface area contributed by atoms with Gasteiger partial charge in [0.15, 0.2) is 0 Å². The molecule has 0 heteroatoms. The highest BCUT2D eigenvalue weighted by Crippen LogP contribution is 2.32. The Labute approximate surface area is 208 Å². The van der Waals surface area contributed by atoms with Crippen molar-refractivity contribution in [3.8, 4) is 11.1 Å². The van der Waals surface area contributed by atoms with Gasteiger partial charge in [0.05, 0.1) is 0 Å². The van der Waals surface area contributed by atoms with E-state index in [0.717, 1.165) is 0 Å². The van der Waals surface area contributed by atoms with Crippen LogP contribution in [-0.2, 0) is 0 Å². The molecule has 0 nitrogen and oxygen atoms in total. The molecule has 0 bridgehead atoms. The predicted molar refractivity (Wildman–Crippen MR) is 152 cm³/mol. The van der Waals surface area contributed by atoms with Gasteiger partial charge in [0, 0.05) is 0 Å². The number of hydrogen-bond acceptors (Lipinski definition) is 0. The fourth-order valence-electron chi connectivity index (χ4n) is 4.71. The first kappa shape index (κ1) is 25.8. The molecule has 0 N–H and O–H groups in total. The SMILES string of the molecule is CC(C)c1ccc(-c2ccc3ccccc3c2)cc1C(C)C.CC(C)c1ccccc1C(C)C. The minimum Gasteiger partial charge on any atom is -0.0620 e. The third-order valence-corrected chi connectivity index (χ3v) is 6.65. The van der Waals surface area contributed by atoms with Crippen LogP contribution in [0.1, 0.15) is 101 Å². The third kappa shape index (κ3) is 6.17. The fraction of sp³-hybridized carbons (Fsp3) is 0.353. The maximum absolute atomic E-state index is 2.38. The Morgan fingerprint density at radius 1 is 0.353 bits per heavy atom. The third-order valence-electron chi connectivity index (χ3n) is 6.65. The summed E-state index contributed by atoms with van der Waals surface area (Å²) in [6, 6.07) is 31.0. The van der Waals surface area contributed by atoms with E-state index in [0.29, 0.717) is 23.7 Å². The van der Waals surface area contributed by atoms with E-state index in [2.05, 4.69) is 140 Å².